The quantitative estimate of drug-likeness (QED) is 0.114. The van der Waals surface area contributed by atoms with E-state index in [1.54, 1.807) is 43.3 Å². The van der Waals surface area contributed by atoms with Gasteiger partial charge in [-0.05, 0) is 42.3 Å². The van der Waals surface area contributed by atoms with Crippen LogP contribution in [0.25, 0.3) is 11.0 Å². The summed E-state index contributed by atoms with van der Waals surface area (Å²) in [4.78, 5) is 28.7. The number of rotatable bonds is 9. The molecule has 0 spiro atoms. The number of aromatic hydroxyl groups is 1. The topological polar surface area (TPSA) is 126 Å². The van der Waals surface area contributed by atoms with Crippen LogP contribution in [-0.4, -0.2) is 38.7 Å². The molecule has 6 rings (SSSR count). The lowest BCUT2D eigenvalue weighted by molar-refractivity contribution is -0.117. The summed E-state index contributed by atoms with van der Waals surface area (Å²) in [6.07, 6.45) is 0. The number of carbonyl (C=O) groups is 2. The number of furan rings is 1. The van der Waals surface area contributed by atoms with Crippen molar-refractivity contribution in [1.29, 1.82) is 0 Å². The van der Waals surface area contributed by atoms with Crippen LogP contribution >= 0.6 is 23.1 Å². The van der Waals surface area contributed by atoms with Gasteiger partial charge in [0.1, 0.15) is 5.58 Å². The number of ketones is 1. The number of hydrogen-bond acceptors (Lipinski definition) is 10. The SMILES string of the molecule is CCOc1cc([C@H]2C(C(=O)c3cc4ccccc4o3)=C(O)C(=O)N2c2nnc(SCc3ccccc3)s2)ccc1O. The largest absolute Gasteiger partial charge is 0.504 e. The maximum Gasteiger partial charge on any atom is 0.296 e. The number of aliphatic hydroxyl groups excluding tert-OH is 1. The van der Waals surface area contributed by atoms with Gasteiger partial charge in [-0.2, -0.15) is 0 Å². The summed E-state index contributed by atoms with van der Waals surface area (Å²) in [6.45, 7) is 2.06. The molecule has 0 saturated heterocycles. The summed E-state index contributed by atoms with van der Waals surface area (Å²) in [5.74, 6) is -1.43. The van der Waals surface area contributed by atoms with E-state index in [1.807, 2.05) is 36.4 Å². The highest BCUT2D eigenvalue weighted by Gasteiger charge is 2.47. The minimum absolute atomic E-state index is 0.0208. The van der Waals surface area contributed by atoms with Crippen molar-refractivity contribution < 1.29 is 29.0 Å². The van der Waals surface area contributed by atoms with Crippen molar-refractivity contribution in [2.24, 2.45) is 0 Å². The lowest BCUT2D eigenvalue weighted by Crippen LogP contribution is -2.31. The Morgan fingerprint density at radius 3 is 2.61 bits per heavy atom. The van der Waals surface area contributed by atoms with Crippen LogP contribution in [-0.2, 0) is 10.5 Å². The number of benzene rings is 3. The molecule has 206 valence electrons. The molecule has 5 aromatic rings. The van der Waals surface area contributed by atoms with Gasteiger partial charge in [-0.25, -0.2) is 0 Å². The predicted molar refractivity (Wildman–Crippen MR) is 156 cm³/mol. The number of amides is 1. The fourth-order valence-electron chi connectivity index (χ4n) is 4.63. The van der Waals surface area contributed by atoms with Crippen LogP contribution in [0, 0.1) is 0 Å². The van der Waals surface area contributed by atoms with Gasteiger partial charge in [0.25, 0.3) is 5.91 Å². The van der Waals surface area contributed by atoms with Gasteiger partial charge in [-0.1, -0.05) is 77.7 Å². The number of ether oxygens (including phenoxy) is 1. The molecular weight excluding hydrogens is 562 g/mol. The van der Waals surface area contributed by atoms with E-state index in [0.717, 1.165) is 5.56 Å². The van der Waals surface area contributed by atoms with Gasteiger partial charge in [0.05, 0.1) is 18.2 Å². The molecule has 1 aliphatic rings. The number of Topliss-reactive ketones (excluding diaryl/α,β-unsaturated/α-hetero) is 1. The third-order valence-electron chi connectivity index (χ3n) is 6.51. The van der Waals surface area contributed by atoms with Crippen LogP contribution in [0.15, 0.2) is 99.0 Å². The molecule has 2 N–H and O–H groups in total. The van der Waals surface area contributed by atoms with Gasteiger partial charge in [0, 0.05) is 11.1 Å². The van der Waals surface area contributed by atoms with E-state index in [0.29, 0.717) is 26.6 Å². The lowest BCUT2D eigenvalue weighted by Gasteiger charge is -2.24. The van der Waals surface area contributed by atoms with Crippen molar-refractivity contribution in [2.45, 2.75) is 23.1 Å². The molecule has 0 fully saturated rings. The van der Waals surface area contributed by atoms with E-state index < -0.39 is 23.5 Å². The van der Waals surface area contributed by atoms with Gasteiger partial charge in [-0.3, -0.25) is 14.5 Å². The van der Waals surface area contributed by atoms with Crippen molar-refractivity contribution in [3.05, 3.63) is 107 Å². The third kappa shape index (κ3) is 5.05. The van der Waals surface area contributed by atoms with Gasteiger partial charge in [0.2, 0.25) is 10.9 Å². The molecule has 0 aliphatic carbocycles. The van der Waals surface area contributed by atoms with Crippen LogP contribution in [0.4, 0.5) is 5.13 Å². The first-order valence-electron chi connectivity index (χ1n) is 12.7. The van der Waals surface area contributed by atoms with Crippen LogP contribution in [0.2, 0.25) is 0 Å². The van der Waals surface area contributed by atoms with Crippen molar-refractivity contribution in [3.63, 3.8) is 0 Å². The Kier molecular flexibility index (Phi) is 7.21. The Hall–Kier alpha value is -4.61. The summed E-state index contributed by atoms with van der Waals surface area (Å²) in [7, 11) is 0. The molecule has 3 aromatic carbocycles. The Labute approximate surface area is 242 Å². The number of fused-ring (bicyclic) bond motifs is 1. The first-order chi connectivity index (χ1) is 19.9. The summed E-state index contributed by atoms with van der Waals surface area (Å²) in [5, 5.41) is 30.8. The van der Waals surface area contributed by atoms with E-state index in [1.165, 1.54) is 34.1 Å². The second-order valence-corrected chi connectivity index (χ2v) is 11.3. The molecule has 11 heteroatoms. The summed E-state index contributed by atoms with van der Waals surface area (Å²) in [6, 6.07) is 22.0. The lowest BCUT2D eigenvalue weighted by atomic mass is 9.95. The molecule has 1 aliphatic heterocycles. The molecule has 0 unspecified atom stereocenters. The summed E-state index contributed by atoms with van der Waals surface area (Å²) >= 11 is 2.64. The normalized spacial score (nSPS) is 15.2. The second kappa shape index (κ2) is 11.1. The first kappa shape index (κ1) is 26.6. The standard InChI is InChI=1S/C30H23N3O6S2/c1-2-38-22-15-19(12-13-20(22)34)25-24(26(35)23-14-18-10-6-7-11-21(18)39-23)27(36)28(37)33(25)29-31-32-30(41-29)40-16-17-8-4-3-5-9-17/h3-15,25,34,36H,2,16H2,1H3/t25-/m0/s1. The Bertz CT molecular complexity index is 1760. The summed E-state index contributed by atoms with van der Waals surface area (Å²) in [5.41, 5.74) is 1.86. The smallest absolute Gasteiger partial charge is 0.296 e. The highest BCUT2D eigenvalue weighted by Crippen LogP contribution is 2.45. The zero-order chi connectivity index (χ0) is 28.5. The number of nitrogens with zero attached hydrogens (tertiary/aromatic N) is 3. The molecule has 0 radical (unpaired) electrons. The monoisotopic (exact) mass is 585 g/mol. The zero-order valence-corrected chi connectivity index (χ0v) is 23.3. The number of aliphatic hydroxyl groups is 1. The number of phenolic OH excluding ortho intramolecular Hbond substituents is 1. The average Bonchev–Trinajstić information content (AvgIpc) is 3.70. The van der Waals surface area contributed by atoms with E-state index >= 15 is 0 Å². The molecule has 0 saturated carbocycles. The Morgan fingerprint density at radius 1 is 1.05 bits per heavy atom. The van der Waals surface area contributed by atoms with Gasteiger partial charge in [0.15, 0.2) is 27.4 Å². The summed E-state index contributed by atoms with van der Waals surface area (Å²) < 4.78 is 12.0. The van der Waals surface area contributed by atoms with Crippen molar-refractivity contribution >= 4 is 50.9 Å². The maximum absolute atomic E-state index is 13.9. The van der Waals surface area contributed by atoms with Crippen molar-refractivity contribution in [2.75, 3.05) is 11.5 Å². The molecular formula is C30H23N3O6S2. The number of hydrogen-bond donors (Lipinski definition) is 2. The molecule has 1 amide bonds. The van der Waals surface area contributed by atoms with Gasteiger partial charge >= 0.3 is 0 Å². The molecule has 41 heavy (non-hydrogen) atoms. The van der Waals surface area contributed by atoms with Crippen molar-refractivity contribution in [1.82, 2.24) is 10.2 Å². The second-order valence-electron chi connectivity index (χ2n) is 9.10. The third-order valence-corrected chi connectivity index (χ3v) is 8.64. The van der Waals surface area contributed by atoms with Crippen LogP contribution in [0.5, 0.6) is 11.5 Å². The maximum atomic E-state index is 13.9. The van der Waals surface area contributed by atoms with Gasteiger partial charge < -0.3 is 19.4 Å². The minimum Gasteiger partial charge on any atom is -0.504 e. The fourth-order valence-corrected chi connectivity index (χ4v) is 6.45. The molecule has 9 nitrogen and oxygen atoms in total. The van der Waals surface area contributed by atoms with Crippen LogP contribution in [0.3, 0.4) is 0 Å². The van der Waals surface area contributed by atoms with Crippen molar-refractivity contribution in [3.8, 4) is 11.5 Å². The molecule has 3 heterocycles. The Morgan fingerprint density at radius 2 is 1.83 bits per heavy atom. The van der Waals surface area contributed by atoms with E-state index in [9.17, 15) is 19.8 Å². The van der Waals surface area contributed by atoms with Crippen LogP contribution < -0.4 is 9.64 Å². The number of aromatic nitrogens is 2. The number of anilines is 1. The highest BCUT2D eigenvalue weighted by atomic mass is 32.2. The zero-order valence-electron chi connectivity index (χ0n) is 21.7. The number of thioether (sulfide) groups is 1. The highest BCUT2D eigenvalue weighted by molar-refractivity contribution is 8.00. The number of phenols is 1. The van der Waals surface area contributed by atoms with Crippen LogP contribution in [0.1, 0.15) is 34.6 Å². The van der Waals surface area contributed by atoms with Gasteiger partial charge in [-0.15, -0.1) is 10.2 Å². The number of para-hydroxylation sites is 1. The minimum atomic E-state index is -1.08. The molecule has 2 aromatic heterocycles. The Balaban J connectivity index is 1.40. The first-order valence-corrected chi connectivity index (χ1v) is 14.5. The van der Waals surface area contributed by atoms with E-state index in [4.69, 9.17) is 9.15 Å². The van der Waals surface area contributed by atoms with E-state index in [2.05, 4.69) is 10.2 Å². The molecule has 1 atom stereocenters. The molecule has 0 bridgehead atoms. The average molecular weight is 586 g/mol. The fraction of sp³-hybridized carbons (Fsp3) is 0.133. The predicted octanol–water partition coefficient (Wildman–Crippen LogP) is 6.46. The van der Waals surface area contributed by atoms with E-state index in [-0.39, 0.29) is 34.6 Å². The number of carbonyl (C=O) groups excluding carboxylic acids is 2.